The number of allylic oxidation sites excluding steroid dienone is 1. The lowest BCUT2D eigenvalue weighted by atomic mass is 10.1. The van der Waals surface area contributed by atoms with Crippen molar-refractivity contribution in [3.8, 4) is 11.3 Å². The number of hydrogen-bond donors (Lipinski definition) is 1. The molecule has 1 fully saturated rings. The van der Waals surface area contributed by atoms with Crippen molar-refractivity contribution >= 4 is 34.1 Å². The molecule has 0 atom stereocenters. The molecular formula is C25H22N6O2. The highest BCUT2D eigenvalue weighted by Crippen LogP contribution is 2.26. The molecule has 1 amide bonds. The number of nitrogens with one attached hydrogen (secondary N) is 1. The van der Waals surface area contributed by atoms with Crippen molar-refractivity contribution < 1.29 is 4.79 Å². The van der Waals surface area contributed by atoms with Gasteiger partial charge in [0, 0.05) is 36.1 Å². The van der Waals surface area contributed by atoms with E-state index in [4.69, 9.17) is 0 Å². The Balaban J connectivity index is 1.52. The fourth-order valence-corrected chi connectivity index (χ4v) is 3.94. The number of nitrogens with zero attached hydrogens (tertiary/aromatic N) is 5. The van der Waals surface area contributed by atoms with Crippen molar-refractivity contribution in [2.24, 2.45) is 0 Å². The SMILES string of the molecule is C=CCn1nc(-c2ccccc2)c2nc(Nc3ccc(N4CCCC4=O)cc3)ncc2c1=O. The van der Waals surface area contributed by atoms with Gasteiger partial charge in [-0.1, -0.05) is 36.4 Å². The monoisotopic (exact) mass is 438 g/mol. The van der Waals surface area contributed by atoms with Gasteiger partial charge >= 0.3 is 0 Å². The van der Waals surface area contributed by atoms with E-state index in [0.29, 0.717) is 35.5 Å². The molecule has 5 rings (SSSR count). The van der Waals surface area contributed by atoms with Crippen LogP contribution in [0.15, 0.2) is 78.2 Å². The zero-order valence-corrected chi connectivity index (χ0v) is 17.9. The summed E-state index contributed by atoms with van der Waals surface area (Å²) < 4.78 is 1.37. The number of carbonyl (C=O) groups is 1. The first-order chi connectivity index (χ1) is 16.1. The maximum absolute atomic E-state index is 12.9. The fourth-order valence-electron chi connectivity index (χ4n) is 3.94. The van der Waals surface area contributed by atoms with Crippen LogP contribution in [0.25, 0.3) is 22.2 Å². The second-order valence-electron chi connectivity index (χ2n) is 7.77. The summed E-state index contributed by atoms with van der Waals surface area (Å²) in [6.07, 6.45) is 4.64. The average Bonchev–Trinajstić information content (AvgIpc) is 3.28. The predicted molar refractivity (Wildman–Crippen MR) is 129 cm³/mol. The molecular weight excluding hydrogens is 416 g/mol. The lowest BCUT2D eigenvalue weighted by Crippen LogP contribution is -2.24. The van der Waals surface area contributed by atoms with Crippen molar-refractivity contribution in [3.05, 3.63) is 83.8 Å². The molecule has 0 saturated carbocycles. The van der Waals surface area contributed by atoms with Crippen molar-refractivity contribution in [2.45, 2.75) is 19.4 Å². The van der Waals surface area contributed by atoms with Crippen LogP contribution in [-0.2, 0) is 11.3 Å². The lowest BCUT2D eigenvalue weighted by Gasteiger charge is -2.16. The van der Waals surface area contributed by atoms with E-state index in [0.717, 1.165) is 29.9 Å². The van der Waals surface area contributed by atoms with Gasteiger partial charge in [-0.25, -0.2) is 14.6 Å². The van der Waals surface area contributed by atoms with Crippen LogP contribution in [0.1, 0.15) is 12.8 Å². The molecule has 0 unspecified atom stereocenters. The molecule has 1 aliphatic rings. The predicted octanol–water partition coefficient (Wildman–Crippen LogP) is 3.91. The molecule has 2 aromatic carbocycles. The number of amides is 1. The summed E-state index contributed by atoms with van der Waals surface area (Å²) in [7, 11) is 0. The van der Waals surface area contributed by atoms with Crippen LogP contribution in [0.3, 0.4) is 0 Å². The second-order valence-corrected chi connectivity index (χ2v) is 7.77. The first kappa shape index (κ1) is 20.6. The van der Waals surface area contributed by atoms with E-state index < -0.39 is 0 Å². The minimum absolute atomic E-state index is 0.150. The van der Waals surface area contributed by atoms with E-state index in [1.165, 1.54) is 10.9 Å². The maximum Gasteiger partial charge on any atom is 0.278 e. The van der Waals surface area contributed by atoms with Gasteiger partial charge in [-0.2, -0.15) is 5.10 Å². The maximum atomic E-state index is 12.9. The summed E-state index contributed by atoms with van der Waals surface area (Å²) in [5.74, 6) is 0.504. The highest BCUT2D eigenvalue weighted by Gasteiger charge is 2.21. The van der Waals surface area contributed by atoms with Crippen molar-refractivity contribution in [1.82, 2.24) is 19.7 Å². The molecule has 0 radical (unpaired) electrons. The van der Waals surface area contributed by atoms with Crippen molar-refractivity contribution in [2.75, 3.05) is 16.8 Å². The van der Waals surface area contributed by atoms with Crippen LogP contribution >= 0.6 is 0 Å². The van der Waals surface area contributed by atoms with Gasteiger partial charge in [0.15, 0.2) is 0 Å². The average molecular weight is 438 g/mol. The Labute approximate surface area is 190 Å². The van der Waals surface area contributed by atoms with Crippen LogP contribution < -0.4 is 15.8 Å². The molecule has 1 aliphatic heterocycles. The van der Waals surface area contributed by atoms with E-state index in [-0.39, 0.29) is 11.5 Å². The van der Waals surface area contributed by atoms with Gasteiger partial charge in [0.1, 0.15) is 11.2 Å². The molecule has 8 heteroatoms. The Kier molecular flexibility index (Phi) is 5.40. The smallest absolute Gasteiger partial charge is 0.278 e. The van der Waals surface area contributed by atoms with Crippen molar-refractivity contribution in [1.29, 1.82) is 0 Å². The third-order valence-corrected chi connectivity index (χ3v) is 5.56. The minimum Gasteiger partial charge on any atom is -0.324 e. The first-order valence-electron chi connectivity index (χ1n) is 10.8. The van der Waals surface area contributed by atoms with Crippen LogP contribution in [0.4, 0.5) is 17.3 Å². The summed E-state index contributed by atoms with van der Waals surface area (Å²) in [4.78, 5) is 35.6. The fraction of sp³-hybridized carbons (Fsp3) is 0.160. The quantitative estimate of drug-likeness (QED) is 0.459. The molecule has 0 aliphatic carbocycles. The molecule has 164 valence electrons. The number of carbonyl (C=O) groups excluding carboxylic acids is 1. The van der Waals surface area contributed by atoms with E-state index in [1.807, 2.05) is 54.6 Å². The minimum atomic E-state index is -0.268. The Morgan fingerprint density at radius 3 is 2.55 bits per heavy atom. The molecule has 3 heterocycles. The number of fused-ring (bicyclic) bond motifs is 1. The largest absolute Gasteiger partial charge is 0.324 e. The summed E-state index contributed by atoms with van der Waals surface area (Å²) in [5.41, 5.74) is 3.31. The Hall–Kier alpha value is -4.33. The number of aromatic nitrogens is 4. The highest BCUT2D eigenvalue weighted by atomic mass is 16.2. The molecule has 0 spiro atoms. The molecule has 2 aromatic heterocycles. The third-order valence-electron chi connectivity index (χ3n) is 5.56. The van der Waals surface area contributed by atoms with Crippen molar-refractivity contribution in [3.63, 3.8) is 0 Å². The van der Waals surface area contributed by atoms with Crippen LogP contribution in [0.2, 0.25) is 0 Å². The zero-order valence-electron chi connectivity index (χ0n) is 17.9. The van der Waals surface area contributed by atoms with Gasteiger partial charge in [0.2, 0.25) is 11.9 Å². The molecule has 8 nitrogen and oxygen atoms in total. The van der Waals surface area contributed by atoms with Gasteiger partial charge in [-0.3, -0.25) is 9.59 Å². The standard InChI is InChI=1S/C25H22N6O2/c1-2-14-31-24(33)20-16-26-25(28-23(20)22(29-31)17-7-4-3-5-8-17)27-18-10-12-19(13-11-18)30-15-6-9-21(30)32/h2-5,7-8,10-13,16H,1,6,9,14-15H2,(H,26,27,28). The lowest BCUT2D eigenvalue weighted by molar-refractivity contribution is -0.117. The number of hydrogen-bond acceptors (Lipinski definition) is 6. The summed E-state index contributed by atoms with van der Waals surface area (Å²) in [5, 5.41) is 8.12. The summed E-state index contributed by atoms with van der Waals surface area (Å²) >= 11 is 0. The van der Waals surface area contributed by atoms with Gasteiger partial charge in [-0.15, -0.1) is 6.58 Å². The van der Waals surface area contributed by atoms with E-state index in [2.05, 4.69) is 27.0 Å². The Morgan fingerprint density at radius 1 is 1.06 bits per heavy atom. The van der Waals surface area contributed by atoms with Crippen LogP contribution in [0.5, 0.6) is 0 Å². The van der Waals surface area contributed by atoms with Gasteiger partial charge < -0.3 is 10.2 Å². The van der Waals surface area contributed by atoms with Gasteiger partial charge in [-0.05, 0) is 30.7 Å². The normalized spacial score (nSPS) is 13.5. The van der Waals surface area contributed by atoms with Gasteiger partial charge in [0.05, 0.1) is 11.9 Å². The second kappa shape index (κ2) is 8.66. The number of anilines is 3. The Bertz CT molecular complexity index is 1400. The molecule has 0 bridgehead atoms. The van der Waals surface area contributed by atoms with Crippen LogP contribution in [-0.4, -0.2) is 32.2 Å². The molecule has 4 aromatic rings. The Morgan fingerprint density at radius 2 is 1.85 bits per heavy atom. The van der Waals surface area contributed by atoms with E-state index in [9.17, 15) is 9.59 Å². The topological polar surface area (TPSA) is 93.0 Å². The molecule has 33 heavy (non-hydrogen) atoms. The number of benzene rings is 2. The summed E-state index contributed by atoms with van der Waals surface area (Å²) in [6.45, 7) is 4.75. The zero-order chi connectivity index (χ0) is 22.8. The molecule has 1 saturated heterocycles. The van der Waals surface area contributed by atoms with Crippen LogP contribution in [0, 0.1) is 0 Å². The molecule has 1 N–H and O–H groups in total. The van der Waals surface area contributed by atoms with E-state index in [1.54, 1.807) is 11.0 Å². The summed E-state index contributed by atoms with van der Waals surface area (Å²) in [6, 6.07) is 17.2. The first-order valence-corrected chi connectivity index (χ1v) is 10.8. The van der Waals surface area contributed by atoms with Gasteiger partial charge in [0.25, 0.3) is 5.56 Å². The van der Waals surface area contributed by atoms with E-state index >= 15 is 0 Å². The highest BCUT2D eigenvalue weighted by molar-refractivity contribution is 5.95. The number of rotatable bonds is 6. The third kappa shape index (κ3) is 3.98.